The van der Waals surface area contributed by atoms with Gasteiger partial charge in [0.05, 0.1) is 14.2 Å². The molecule has 0 aliphatic carbocycles. The highest BCUT2D eigenvalue weighted by atomic mass is 16.5. The van der Waals surface area contributed by atoms with Crippen molar-refractivity contribution in [1.29, 1.82) is 0 Å². The van der Waals surface area contributed by atoms with Crippen molar-refractivity contribution in [3.8, 4) is 56.4 Å². The van der Waals surface area contributed by atoms with Gasteiger partial charge in [-0.15, -0.1) is 0 Å². The fraction of sp³-hybridized carbons (Fsp3) is 0.0769. The van der Waals surface area contributed by atoms with Crippen LogP contribution in [-0.4, -0.2) is 24.4 Å². The second kappa shape index (κ2) is 8.21. The summed E-state index contributed by atoms with van der Waals surface area (Å²) in [6.07, 6.45) is 0. The minimum Gasteiger partial charge on any atom is -0.504 e. The molecule has 0 fully saturated rings. The Morgan fingerprint density at radius 3 is 1.20 bits per heavy atom. The van der Waals surface area contributed by atoms with Crippen LogP contribution in [0.3, 0.4) is 0 Å². The summed E-state index contributed by atoms with van der Waals surface area (Å²) in [5.41, 5.74) is 4.60. The summed E-state index contributed by atoms with van der Waals surface area (Å²) in [5, 5.41) is 21.8. The third-order valence-corrected chi connectivity index (χ3v) is 5.09. The maximum atomic E-state index is 10.9. The maximum Gasteiger partial charge on any atom is 0.165 e. The second-order valence-corrected chi connectivity index (χ2v) is 6.88. The molecule has 4 heteroatoms. The van der Waals surface area contributed by atoms with Crippen molar-refractivity contribution in [2.24, 2.45) is 0 Å². The number of rotatable bonds is 5. The molecule has 0 amide bonds. The van der Waals surface area contributed by atoms with Crippen molar-refractivity contribution in [2.75, 3.05) is 14.2 Å². The highest BCUT2D eigenvalue weighted by molar-refractivity contribution is 5.87. The molecule has 0 heterocycles. The molecule has 0 aliphatic heterocycles. The van der Waals surface area contributed by atoms with E-state index < -0.39 is 0 Å². The van der Waals surface area contributed by atoms with Crippen molar-refractivity contribution in [2.45, 2.75) is 0 Å². The molecule has 0 atom stereocenters. The van der Waals surface area contributed by atoms with Gasteiger partial charge in [-0.2, -0.15) is 0 Å². The fourth-order valence-electron chi connectivity index (χ4n) is 3.53. The monoisotopic (exact) mass is 398 g/mol. The molecule has 0 aromatic heterocycles. The van der Waals surface area contributed by atoms with Gasteiger partial charge in [-0.1, -0.05) is 60.7 Å². The molecule has 30 heavy (non-hydrogen) atoms. The lowest BCUT2D eigenvalue weighted by atomic mass is 9.94. The summed E-state index contributed by atoms with van der Waals surface area (Å²) in [7, 11) is 3.02. The van der Waals surface area contributed by atoms with Crippen LogP contribution in [-0.2, 0) is 0 Å². The van der Waals surface area contributed by atoms with Gasteiger partial charge in [0, 0.05) is 11.1 Å². The lowest BCUT2D eigenvalue weighted by Crippen LogP contribution is -1.92. The van der Waals surface area contributed by atoms with Crippen LogP contribution in [0.15, 0.2) is 84.9 Å². The number of phenolic OH excluding ortho intramolecular Hbond substituents is 2. The lowest BCUT2D eigenvalue weighted by Gasteiger charge is -2.16. The van der Waals surface area contributed by atoms with Gasteiger partial charge in [-0.05, 0) is 46.5 Å². The van der Waals surface area contributed by atoms with E-state index in [4.69, 9.17) is 9.47 Å². The zero-order chi connectivity index (χ0) is 21.1. The van der Waals surface area contributed by atoms with Gasteiger partial charge in [0.1, 0.15) is 0 Å². The van der Waals surface area contributed by atoms with Crippen LogP contribution in [0.1, 0.15) is 0 Å². The number of hydrogen-bond donors (Lipinski definition) is 2. The summed E-state index contributed by atoms with van der Waals surface area (Å²) in [6.45, 7) is 0. The summed E-state index contributed by atoms with van der Waals surface area (Å²) < 4.78 is 10.8. The Balaban J connectivity index is 1.97. The first kappa shape index (κ1) is 19.4. The van der Waals surface area contributed by atoms with E-state index in [9.17, 15) is 10.2 Å². The first-order valence-electron chi connectivity index (χ1n) is 9.55. The van der Waals surface area contributed by atoms with E-state index in [2.05, 4.69) is 0 Å². The van der Waals surface area contributed by atoms with Crippen LogP contribution in [0.25, 0.3) is 33.4 Å². The van der Waals surface area contributed by atoms with Crippen LogP contribution in [0, 0.1) is 0 Å². The molecule has 0 spiro atoms. The fourth-order valence-corrected chi connectivity index (χ4v) is 3.53. The second-order valence-electron chi connectivity index (χ2n) is 6.88. The largest absolute Gasteiger partial charge is 0.504 e. The van der Waals surface area contributed by atoms with Gasteiger partial charge in [0.2, 0.25) is 0 Å². The van der Waals surface area contributed by atoms with E-state index in [0.717, 1.165) is 22.3 Å². The average molecular weight is 398 g/mol. The zero-order valence-corrected chi connectivity index (χ0v) is 16.8. The van der Waals surface area contributed by atoms with Gasteiger partial charge in [0.25, 0.3) is 0 Å². The molecule has 0 saturated heterocycles. The number of methoxy groups -OCH3 is 2. The molecule has 0 bridgehead atoms. The number of ether oxygens (including phenoxy) is 2. The third kappa shape index (κ3) is 3.55. The lowest BCUT2D eigenvalue weighted by molar-refractivity contribution is 0.371. The predicted octanol–water partition coefficient (Wildman–Crippen LogP) is 6.12. The summed E-state index contributed by atoms with van der Waals surface area (Å²) >= 11 is 0. The smallest absolute Gasteiger partial charge is 0.165 e. The highest BCUT2D eigenvalue weighted by Gasteiger charge is 2.20. The Morgan fingerprint density at radius 1 is 0.500 bits per heavy atom. The average Bonchev–Trinajstić information content (AvgIpc) is 2.81. The van der Waals surface area contributed by atoms with Gasteiger partial charge >= 0.3 is 0 Å². The first-order valence-corrected chi connectivity index (χ1v) is 9.55. The number of aromatic hydroxyl groups is 2. The normalized spacial score (nSPS) is 10.6. The highest BCUT2D eigenvalue weighted by Crippen LogP contribution is 2.48. The van der Waals surface area contributed by atoms with E-state index in [-0.39, 0.29) is 11.5 Å². The molecule has 0 radical (unpaired) electrons. The molecule has 4 rings (SSSR count). The van der Waals surface area contributed by atoms with E-state index in [1.807, 2.05) is 72.8 Å². The van der Waals surface area contributed by atoms with Gasteiger partial charge < -0.3 is 19.7 Å². The van der Waals surface area contributed by atoms with E-state index in [1.54, 1.807) is 12.1 Å². The van der Waals surface area contributed by atoms with Crippen molar-refractivity contribution in [1.82, 2.24) is 0 Å². The molecule has 4 aromatic carbocycles. The number of hydrogen-bond acceptors (Lipinski definition) is 4. The van der Waals surface area contributed by atoms with E-state index in [1.165, 1.54) is 14.2 Å². The van der Waals surface area contributed by atoms with E-state index in [0.29, 0.717) is 22.6 Å². The number of phenols is 2. The van der Waals surface area contributed by atoms with Gasteiger partial charge in [0.15, 0.2) is 23.0 Å². The molecule has 0 aliphatic rings. The van der Waals surface area contributed by atoms with Crippen LogP contribution < -0.4 is 9.47 Å². The Morgan fingerprint density at radius 2 is 0.867 bits per heavy atom. The van der Waals surface area contributed by atoms with Crippen LogP contribution in [0.4, 0.5) is 0 Å². The molecule has 4 aromatic rings. The van der Waals surface area contributed by atoms with Gasteiger partial charge in [-0.3, -0.25) is 0 Å². The SMILES string of the molecule is COc1cc(-c2ccccc2)cc(-c2cc(-c3ccccc3)cc(OC)c2O)c1O. The minimum atomic E-state index is -0.0419. The first-order chi connectivity index (χ1) is 14.6. The predicted molar refractivity (Wildman–Crippen MR) is 119 cm³/mol. The van der Waals surface area contributed by atoms with Crippen LogP contribution in [0.5, 0.6) is 23.0 Å². The number of benzene rings is 4. The van der Waals surface area contributed by atoms with Crippen molar-refractivity contribution in [3.05, 3.63) is 84.9 Å². The van der Waals surface area contributed by atoms with Crippen LogP contribution in [0.2, 0.25) is 0 Å². The Labute approximate surface area is 175 Å². The summed E-state index contributed by atoms with van der Waals surface area (Å²) in [5.74, 6) is 0.573. The molecular formula is C26H22O4. The molecule has 150 valence electrons. The maximum absolute atomic E-state index is 10.9. The molecule has 0 unspecified atom stereocenters. The standard InChI is InChI=1S/C26H22O4/c1-29-23-15-19(17-9-5-3-6-10-17)13-21(25(23)27)22-14-20(16-24(30-2)26(22)28)18-11-7-4-8-12-18/h3-16,27-28H,1-2H3. The van der Waals surface area contributed by atoms with Gasteiger partial charge in [-0.25, -0.2) is 0 Å². The topological polar surface area (TPSA) is 58.9 Å². The summed E-state index contributed by atoms with van der Waals surface area (Å²) in [4.78, 5) is 0. The Kier molecular flexibility index (Phi) is 5.31. The molecule has 0 saturated carbocycles. The molecule has 2 N–H and O–H groups in total. The van der Waals surface area contributed by atoms with Crippen molar-refractivity contribution in [3.63, 3.8) is 0 Å². The quantitative estimate of drug-likeness (QED) is 0.425. The van der Waals surface area contributed by atoms with Crippen molar-refractivity contribution < 1.29 is 19.7 Å². The molecular weight excluding hydrogens is 376 g/mol. The minimum absolute atomic E-state index is 0.0419. The van der Waals surface area contributed by atoms with E-state index >= 15 is 0 Å². The third-order valence-electron chi connectivity index (χ3n) is 5.09. The zero-order valence-electron chi connectivity index (χ0n) is 16.8. The Bertz CT molecular complexity index is 1070. The summed E-state index contributed by atoms with van der Waals surface area (Å²) in [6, 6.07) is 26.9. The Hall–Kier alpha value is -3.92. The van der Waals surface area contributed by atoms with Crippen molar-refractivity contribution >= 4 is 0 Å². The van der Waals surface area contributed by atoms with Crippen LogP contribution >= 0.6 is 0 Å². The molecule has 4 nitrogen and oxygen atoms in total.